The van der Waals surface area contributed by atoms with Crippen LogP contribution in [0.15, 0.2) is 0 Å². The van der Waals surface area contributed by atoms with Crippen molar-refractivity contribution in [2.45, 2.75) is 39.5 Å². The Morgan fingerprint density at radius 1 is 1.29 bits per heavy atom. The summed E-state index contributed by atoms with van der Waals surface area (Å²) in [6.07, 6.45) is 5.25. The van der Waals surface area contributed by atoms with Crippen LogP contribution in [0.4, 0.5) is 0 Å². The molecule has 2 N–H and O–H groups in total. The first kappa shape index (κ1) is 12.0. The molecular weight excluding hydrogens is 172 g/mol. The monoisotopic (exact) mass is 198 g/mol. The van der Waals surface area contributed by atoms with Crippen LogP contribution in [-0.4, -0.2) is 31.6 Å². The van der Waals surface area contributed by atoms with Gasteiger partial charge in [0, 0.05) is 0 Å². The Kier molecular flexibility index (Phi) is 4.39. The van der Waals surface area contributed by atoms with Gasteiger partial charge in [0.25, 0.3) is 0 Å². The SMILES string of the molecule is CC(C)C1(CCN)CCCN(C)CC1. The highest BCUT2D eigenvalue weighted by molar-refractivity contribution is 4.86. The molecular formula is C12H26N2. The van der Waals surface area contributed by atoms with Crippen molar-refractivity contribution in [1.29, 1.82) is 0 Å². The van der Waals surface area contributed by atoms with E-state index in [-0.39, 0.29) is 0 Å². The zero-order valence-electron chi connectivity index (χ0n) is 10.1. The molecule has 84 valence electrons. The average molecular weight is 198 g/mol. The average Bonchev–Trinajstić information content (AvgIpc) is 2.30. The first-order valence-electron chi connectivity index (χ1n) is 5.99. The van der Waals surface area contributed by atoms with Gasteiger partial charge in [0.1, 0.15) is 0 Å². The third-order valence-corrected chi connectivity index (χ3v) is 4.07. The van der Waals surface area contributed by atoms with E-state index in [4.69, 9.17) is 5.73 Å². The lowest BCUT2D eigenvalue weighted by atomic mass is 9.69. The van der Waals surface area contributed by atoms with Crippen molar-refractivity contribution in [3.05, 3.63) is 0 Å². The number of hydrogen-bond acceptors (Lipinski definition) is 2. The Morgan fingerprint density at radius 2 is 2.00 bits per heavy atom. The first-order valence-corrected chi connectivity index (χ1v) is 5.99. The van der Waals surface area contributed by atoms with E-state index < -0.39 is 0 Å². The van der Waals surface area contributed by atoms with E-state index in [2.05, 4.69) is 25.8 Å². The maximum Gasteiger partial charge on any atom is -0.00164 e. The van der Waals surface area contributed by atoms with E-state index in [1.807, 2.05) is 0 Å². The van der Waals surface area contributed by atoms with Crippen molar-refractivity contribution in [2.24, 2.45) is 17.1 Å². The molecule has 1 atom stereocenters. The van der Waals surface area contributed by atoms with E-state index in [9.17, 15) is 0 Å². The van der Waals surface area contributed by atoms with Crippen molar-refractivity contribution in [2.75, 3.05) is 26.7 Å². The molecule has 0 saturated carbocycles. The second-order valence-corrected chi connectivity index (χ2v) is 5.21. The summed E-state index contributed by atoms with van der Waals surface area (Å²) < 4.78 is 0. The number of likely N-dealkylation sites (tertiary alicyclic amines) is 1. The molecule has 14 heavy (non-hydrogen) atoms. The van der Waals surface area contributed by atoms with Gasteiger partial charge in [0.2, 0.25) is 0 Å². The molecule has 1 saturated heterocycles. The minimum absolute atomic E-state index is 0.527. The van der Waals surface area contributed by atoms with E-state index in [0.29, 0.717) is 5.41 Å². The lowest BCUT2D eigenvalue weighted by Crippen LogP contribution is -2.31. The molecule has 0 spiro atoms. The molecule has 2 heteroatoms. The molecule has 0 aromatic rings. The van der Waals surface area contributed by atoms with Crippen LogP contribution in [-0.2, 0) is 0 Å². The van der Waals surface area contributed by atoms with Crippen LogP contribution in [0.2, 0.25) is 0 Å². The summed E-state index contributed by atoms with van der Waals surface area (Å²) in [5.41, 5.74) is 6.28. The van der Waals surface area contributed by atoms with Gasteiger partial charge in [-0.3, -0.25) is 0 Å². The highest BCUT2D eigenvalue weighted by Crippen LogP contribution is 2.41. The Labute approximate surface area is 88.8 Å². The van der Waals surface area contributed by atoms with Crippen LogP contribution in [0.25, 0.3) is 0 Å². The summed E-state index contributed by atoms with van der Waals surface area (Å²) in [5.74, 6) is 0.776. The van der Waals surface area contributed by atoms with Crippen molar-refractivity contribution < 1.29 is 0 Å². The lowest BCUT2D eigenvalue weighted by molar-refractivity contribution is 0.145. The first-order chi connectivity index (χ1) is 6.60. The molecule has 0 amide bonds. The smallest absolute Gasteiger partial charge is 0.00164 e. The predicted molar refractivity (Wildman–Crippen MR) is 62.3 cm³/mol. The second-order valence-electron chi connectivity index (χ2n) is 5.21. The zero-order chi connectivity index (χ0) is 10.6. The van der Waals surface area contributed by atoms with Crippen LogP contribution in [0, 0.1) is 11.3 Å². The summed E-state index contributed by atoms with van der Waals surface area (Å²) in [5, 5.41) is 0. The molecule has 0 bridgehead atoms. The summed E-state index contributed by atoms with van der Waals surface area (Å²) >= 11 is 0. The minimum Gasteiger partial charge on any atom is -0.330 e. The largest absolute Gasteiger partial charge is 0.330 e. The molecule has 1 unspecified atom stereocenters. The molecule has 0 aromatic carbocycles. The van der Waals surface area contributed by atoms with E-state index >= 15 is 0 Å². The van der Waals surface area contributed by atoms with E-state index in [0.717, 1.165) is 12.5 Å². The fourth-order valence-corrected chi connectivity index (χ4v) is 2.75. The summed E-state index contributed by atoms with van der Waals surface area (Å²) in [4.78, 5) is 2.46. The fourth-order valence-electron chi connectivity index (χ4n) is 2.75. The normalized spacial score (nSPS) is 30.6. The van der Waals surface area contributed by atoms with Crippen molar-refractivity contribution >= 4 is 0 Å². The van der Waals surface area contributed by atoms with Crippen molar-refractivity contribution in [3.63, 3.8) is 0 Å². The van der Waals surface area contributed by atoms with Gasteiger partial charge < -0.3 is 10.6 Å². The number of rotatable bonds is 3. The lowest BCUT2D eigenvalue weighted by Gasteiger charge is -2.36. The van der Waals surface area contributed by atoms with Gasteiger partial charge in [-0.25, -0.2) is 0 Å². The van der Waals surface area contributed by atoms with Crippen molar-refractivity contribution in [3.8, 4) is 0 Å². The maximum absolute atomic E-state index is 5.75. The summed E-state index contributed by atoms with van der Waals surface area (Å²) in [7, 11) is 2.23. The van der Waals surface area contributed by atoms with Gasteiger partial charge in [0.05, 0.1) is 0 Å². The number of nitrogens with zero attached hydrogens (tertiary/aromatic N) is 1. The number of nitrogens with two attached hydrogens (primary N) is 1. The molecule has 0 aliphatic carbocycles. The van der Waals surface area contributed by atoms with Gasteiger partial charge in [-0.2, -0.15) is 0 Å². The molecule has 2 nitrogen and oxygen atoms in total. The van der Waals surface area contributed by atoms with Crippen molar-refractivity contribution in [1.82, 2.24) is 4.90 Å². The maximum atomic E-state index is 5.75. The summed E-state index contributed by atoms with van der Waals surface area (Å²) in [6, 6.07) is 0. The molecule has 0 radical (unpaired) electrons. The van der Waals surface area contributed by atoms with Gasteiger partial charge in [-0.1, -0.05) is 13.8 Å². The molecule has 1 rings (SSSR count). The Bertz CT molecular complexity index is 168. The highest BCUT2D eigenvalue weighted by Gasteiger charge is 2.33. The van der Waals surface area contributed by atoms with E-state index in [1.165, 1.54) is 38.8 Å². The van der Waals surface area contributed by atoms with Crippen LogP contribution in [0.3, 0.4) is 0 Å². The molecule has 1 heterocycles. The van der Waals surface area contributed by atoms with Gasteiger partial charge in [-0.05, 0) is 63.7 Å². The van der Waals surface area contributed by atoms with Crippen LogP contribution >= 0.6 is 0 Å². The molecule has 1 aliphatic rings. The standard InChI is InChI=1S/C12H26N2/c1-11(2)12(6-8-13)5-4-9-14(3)10-7-12/h11H,4-10,13H2,1-3H3. The van der Waals surface area contributed by atoms with Gasteiger partial charge in [-0.15, -0.1) is 0 Å². The minimum atomic E-state index is 0.527. The molecule has 1 aliphatic heterocycles. The Morgan fingerprint density at radius 3 is 2.57 bits per heavy atom. The Hall–Kier alpha value is -0.0800. The topological polar surface area (TPSA) is 29.3 Å². The zero-order valence-corrected chi connectivity index (χ0v) is 10.1. The van der Waals surface area contributed by atoms with Crippen LogP contribution in [0.5, 0.6) is 0 Å². The van der Waals surface area contributed by atoms with Gasteiger partial charge in [0.15, 0.2) is 0 Å². The predicted octanol–water partition coefficient (Wildman–Crippen LogP) is 2.09. The Balaban J connectivity index is 2.65. The van der Waals surface area contributed by atoms with Gasteiger partial charge >= 0.3 is 0 Å². The molecule has 1 fully saturated rings. The molecule has 0 aromatic heterocycles. The number of hydrogen-bond donors (Lipinski definition) is 1. The quantitative estimate of drug-likeness (QED) is 0.752. The highest BCUT2D eigenvalue weighted by atomic mass is 15.1. The van der Waals surface area contributed by atoms with E-state index in [1.54, 1.807) is 0 Å². The fraction of sp³-hybridized carbons (Fsp3) is 1.00. The third kappa shape index (κ3) is 2.71. The third-order valence-electron chi connectivity index (χ3n) is 4.07. The summed E-state index contributed by atoms with van der Waals surface area (Å²) in [6.45, 7) is 8.08. The second kappa shape index (κ2) is 5.13. The van der Waals surface area contributed by atoms with Crippen LogP contribution in [0.1, 0.15) is 39.5 Å². The van der Waals surface area contributed by atoms with Crippen LogP contribution < -0.4 is 5.73 Å².